The van der Waals surface area contributed by atoms with E-state index in [4.69, 9.17) is 4.74 Å². The normalized spacial score (nSPS) is 10.8. The highest BCUT2D eigenvalue weighted by Crippen LogP contribution is 2.45. The zero-order chi connectivity index (χ0) is 23.7. The Morgan fingerprint density at radius 3 is 1.82 bits per heavy atom. The molecule has 0 heterocycles. The van der Waals surface area contributed by atoms with Crippen LogP contribution in [0.5, 0.6) is 28.7 Å². The smallest absolute Gasteiger partial charge is 0.172 e. The number of hydrogen-bond acceptors (Lipinski definition) is 5. The summed E-state index contributed by atoms with van der Waals surface area (Å²) in [6.45, 7) is 7.67. The van der Waals surface area contributed by atoms with Gasteiger partial charge in [-0.15, -0.1) is 0 Å². The van der Waals surface area contributed by atoms with Crippen molar-refractivity contribution in [2.75, 3.05) is 4.90 Å². The van der Waals surface area contributed by atoms with E-state index in [0.29, 0.717) is 28.6 Å². The van der Waals surface area contributed by atoms with E-state index in [9.17, 15) is 15.3 Å². The van der Waals surface area contributed by atoms with Crippen LogP contribution in [0.3, 0.4) is 0 Å². The molecule has 4 aromatic rings. The van der Waals surface area contributed by atoms with Crippen LogP contribution in [0.2, 0.25) is 0 Å². The lowest BCUT2D eigenvalue weighted by molar-refractivity contribution is 0.408. The minimum absolute atomic E-state index is 0.0627. The van der Waals surface area contributed by atoms with E-state index in [-0.39, 0.29) is 17.2 Å². The fourth-order valence-corrected chi connectivity index (χ4v) is 3.76. The predicted molar refractivity (Wildman–Crippen MR) is 132 cm³/mol. The molecule has 168 valence electrons. The summed E-state index contributed by atoms with van der Waals surface area (Å²) in [6, 6.07) is 21.6. The Balaban J connectivity index is 1.84. The second kappa shape index (κ2) is 8.79. The maximum Gasteiger partial charge on any atom is 0.172 e. The molecule has 0 aliphatic carbocycles. The number of hydrogen-bond donors (Lipinski definition) is 3. The van der Waals surface area contributed by atoms with Crippen LogP contribution in [-0.4, -0.2) is 15.3 Å². The maximum atomic E-state index is 10.8. The minimum Gasteiger partial charge on any atom is -0.506 e. The van der Waals surface area contributed by atoms with Crippen molar-refractivity contribution in [3.63, 3.8) is 0 Å². The summed E-state index contributed by atoms with van der Waals surface area (Å²) in [4.78, 5) is 1.78. The molecule has 0 spiro atoms. The van der Waals surface area contributed by atoms with Crippen LogP contribution in [0, 0.1) is 27.7 Å². The second-order valence-corrected chi connectivity index (χ2v) is 8.27. The van der Waals surface area contributed by atoms with Crippen LogP contribution in [0.1, 0.15) is 22.3 Å². The first kappa shape index (κ1) is 22.1. The third kappa shape index (κ3) is 4.44. The summed E-state index contributed by atoms with van der Waals surface area (Å²) in [5, 5.41) is 31.8. The number of ether oxygens (including phenoxy) is 1. The molecule has 0 radical (unpaired) electrons. The summed E-state index contributed by atoms with van der Waals surface area (Å²) >= 11 is 0. The van der Waals surface area contributed by atoms with Gasteiger partial charge in [-0.1, -0.05) is 24.3 Å². The molecule has 0 atom stereocenters. The van der Waals surface area contributed by atoms with E-state index in [1.807, 2.05) is 70.2 Å². The third-order valence-electron chi connectivity index (χ3n) is 5.70. The van der Waals surface area contributed by atoms with Gasteiger partial charge in [-0.05, 0) is 92.4 Å². The standard InChI is InChI=1S/C28H27NO4/c1-17-8-11-23(26(31)14-17)29(24-12-9-18(2)15-27(24)32)21-6-5-7-22(16-21)33-28-20(4)19(3)10-13-25(28)30/h5-16,30-32H,1-4H3. The van der Waals surface area contributed by atoms with Gasteiger partial charge >= 0.3 is 0 Å². The van der Waals surface area contributed by atoms with Gasteiger partial charge in [0.25, 0.3) is 0 Å². The first-order valence-electron chi connectivity index (χ1n) is 10.7. The van der Waals surface area contributed by atoms with Crippen molar-refractivity contribution >= 4 is 17.1 Å². The van der Waals surface area contributed by atoms with Crippen molar-refractivity contribution in [3.05, 3.63) is 95.1 Å². The largest absolute Gasteiger partial charge is 0.506 e. The molecule has 0 fully saturated rings. The number of anilines is 3. The molecule has 5 nitrogen and oxygen atoms in total. The lowest BCUT2D eigenvalue weighted by Gasteiger charge is -2.27. The van der Waals surface area contributed by atoms with Crippen LogP contribution in [0.15, 0.2) is 72.8 Å². The lowest BCUT2D eigenvalue weighted by Crippen LogP contribution is -2.10. The maximum absolute atomic E-state index is 10.8. The molecule has 4 rings (SSSR count). The minimum atomic E-state index is 0.0627. The molecule has 0 aliphatic rings. The number of aryl methyl sites for hydroxylation is 3. The highest BCUT2D eigenvalue weighted by atomic mass is 16.5. The van der Waals surface area contributed by atoms with Gasteiger partial charge in [0.2, 0.25) is 0 Å². The van der Waals surface area contributed by atoms with Crippen LogP contribution < -0.4 is 9.64 Å². The number of benzene rings is 4. The zero-order valence-corrected chi connectivity index (χ0v) is 19.1. The highest BCUT2D eigenvalue weighted by molar-refractivity contribution is 5.83. The number of nitrogens with zero attached hydrogens (tertiary/aromatic N) is 1. The fourth-order valence-electron chi connectivity index (χ4n) is 3.76. The summed E-state index contributed by atoms with van der Waals surface area (Å²) in [5.74, 6) is 1.16. The SMILES string of the molecule is Cc1ccc(N(c2cccc(Oc3c(O)ccc(C)c3C)c2)c2ccc(C)cc2O)c(O)c1. The number of aromatic hydroxyl groups is 3. The molecule has 5 heteroatoms. The molecule has 0 saturated heterocycles. The third-order valence-corrected chi connectivity index (χ3v) is 5.70. The van der Waals surface area contributed by atoms with Gasteiger partial charge < -0.3 is 25.0 Å². The van der Waals surface area contributed by atoms with Gasteiger partial charge in [0.1, 0.15) is 17.2 Å². The summed E-state index contributed by atoms with van der Waals surface area (Å²) in [6.07, 6.45) is 0. The molecule has 0 aromatic heterocycles. The van der Waals surface area contributed by atoms with Crippen LogP contribution >= 0.6 is 0 Å². The summed E-state index contributed by atoms with van der Waals surface area (Å²) in [5.41, 5.74) is 5.42. The Bertz CT molecular complexity index is 1280. The highest BCUT2D eigenvalue weighted by Gasteiger charge is 2.20. The quantitative estimate of drug-likeness (QED) is 0.303. The Morgan fingerprint density at radius 1 is 0.636 bits per heavy atom. The summed E-state index contributed by atoms with van der Waals surface area (Å²) < 4.78 is 6.08. The first-order valence-corrected chi connectivity index (χ1v) is 10.7. The lowest BCUT2D eigenvalue weighted by atomic mass is 10.1. The van der Waals surface area contributed by atoms with E-state index >= 15 is 0 Å². The van der Waals surface area contributed by atoms with Crippen molar-refractivity contribution in [1.82, 2.24) is 0 Å². The fraction of sp³-hybridized carbons (Fsp3) is 0.143. The van der Waals surface area contributed by atoms with Gasteiger partial charge in [-0.2, -0.15) is 0 Å². The average Bonchev–Trinajstić information content (AvgIpc) is 2.77. The van der Waals surface area contributed by atoms with Crippen LogP contribution in [-0.2, 0) is 0 Å². The molecule has 33 heavy (non-hydrogen) atoms. The van der Waals surface area contributed by atoms with E-state index in [0.717, 1.165) is 22.3 Å². The number of rotatable bonds is 5. The molecule has 0 unspecified atom stereocenters. The Labute approximate surface area is 193 Å². The average molecular weight is 442 g/mol. The molecule has 0 aliphatic heterocycles. The van der Waals surface area contributed by atoms with Crippen LogP contribution in [0.4, 0.5) is 17.1 Å². The molecule has 4 aromatic carbocycles. The van der Waals surface area contributed by atoms with Gasteiger partial charge in [0.05, 0.1) is 17.1 Å². The zero-order valence-electron chi connectivity index (χ0n) is 19.1. The Morgan fingerprint density at radius 2 is 1.24 bits per heavy atom. The Hall–Kier alpha value is -4.12. The number of phenols is 3. The molecule has 0 amide bonds. The topological polar surface area (TPSA) is 73.2 Å². The Kier molecular flexibility index (Phi) is 5.88. The summed E-state index contributed by atoms with van der Waals surface area (Å²) in [7, 11) is 0. The van der Waals surface area contributed by atoms with Gasteiger partial charge in [-0.3, -0.25) is 0 Å². The second-order valence-electron chi connectivity index (χ2n) is 8.27. The van der Waals surface area contributed by atoms with Gasteiger partial charge in [0, 0.05) is 6.07 Å². The van der Waals surface area contributed by atoms with Crippen molar-refractivity contribution < 1.29 is 20.1 Å². The van der Waals surface area contributed by atoms with Crippen molar-refractivity contribution in [1.29, 1.82) is 0 Å². The van der Waals surface area contributed by atoms with Crippen LogP contribution in [0.25, 0.3) is 0 Å². The van der Waals surface area contributed by atoms with E-state index in [2.05, 4.69) is 0 Å². The van der Waals surface area contributed by atoms with Crippen molar-refractivity contribution in [2.24, 2.45) is 0 Å². The molecule has 3 N–H and O–H groups in total. The number of phenolic OH excluding ortho intramolecular Hbond substituents is 3. The monoisotopic (exact) mass is 441 g/mol. The predicted octanol–water partition coefficient (Wildman–Crippen LogP) is 7.30. The van der Waals surface area contributed by atoms with E-state index < -0.39 is 0 Å². The molecular formula is C28H27NO4. The van der Waals surface area contributed by atoms with Crippen molar-refractivity contribution in [3.8, 4) is 28.7 Å². The molecule has 0 saturated carbocycles. The van der Waals surface area contributed by atoms with Crippen molar-refractivity contribution in [2.45, 2.75) is 27.7 Å². The first-order chi connectivity index (χ1) is 15.7. The molecular weight excluding hydrogens is 414 g/mol. The molecule has 0 bridgehead atoms. The van der Waals surface area contributed by atoms with Gasteiger partial charge in [-0.25, -0.2) is 0 Å². The van der Waals surface area contributed by atoms with Gasteiger partial charge in [0.15, 0.2) is 11.5 Å². The van der Waals surface area contributed by atoms with E-state index in [1.165, 1.54) is 0 Å². The van der Waals surface area contributed by atoms with E-state index in [1.54, 1.807) is 35.2 Å².